The number of amides is 1. The number of carbonyl (C=O) groups is 1. The highest BCUT2D eigenvalue weighted by atomic mass is 35.5. The molecule has 0 aliphatic carbocycles. The van der Waals surface area contributed by atoms with Crippen molar-refractivity contribution in [2.75, 3.05) is 20.2 Å². The van der Waals surface area contributed by atoms with Crippen LogP contribution in [0.1, 0.15) is 22.3 Å². The van der Waals surface area contributed by atoms with Gasteiger partial charge in [-0.2, -0.15) is 0 Å². The molecule has 0 aromatic heterocycles. The van der Waals surface area contributed by atoms with Gasteiger partial charge in [-0.1, -0.05) is 23.7 Å². The van der Waals surface area contributed by atoms with E-state index in [0.29, 0.717) is 28.7 Å². The number of ether oxygens (including phenoxy) is 2. The van der Waals surface area contributed by atoms with Crippen molar-refractivity contribution in [3.05, 3.63) is 58.6 Å². The fraction of sp³-hybridized carbons (Fsp3) is 0.316. The third-order valence-electron chi connectivity index (χ3n) is 4.13. The lowest BCUT2D eigenvalue weighted by molar-refractivity contribution is 0.0939. The van der Waals surface area contributed by atoms with Crippen LogP contribution in [0.2, 0.25) is 5.02 Å². The Morgan fingerprint density at radius 2 is 2.04 bits per heavy atom. The van der Waals surface area contributed by atoms with Gasteiger partial charge >= 0.3 is 0 Å². The summed E-state index contributed by atoms with van der Waals surface area (Å²) in [5.74, 6) is 1.03. The zero-order valence-electron chi connectivity index (χ0n) is 14.0. The fourth-order valence-electron chi connectivity index (χ4n) is 2.72. The van der Waals surface area contributed by atoms with Gasteiger partial charge in [-0.25, -0.2) is 0 Å². The van der Waals surface area contributed by atoms with Crippen LogP contribution in [0.4, 0.5) is 0 Å². The van der Waals surface area contributed by atoms with E-state index < -0.39 is 0 Å². The summed E-state index contributed by atoms with van der Waals surface area (Å²) in [6.07, 6.45) is 0.950. The molecule has 1 amide bonds. The highest BCUT2D eigenvalue weighted by molar-refractivity contribution is 6.30. The second-order valence-corrected chi connectivity index (χ2v) is 6.38. The minimum atomic E-state index is -0.101. The van der Waals surface area contributed by atoms with Crippen LogP contribution < -0.4 is 20.1 Å². The number of benzene rings is 2. The minimum Gasteiger partial charge on any atom is -0.493 e. The molecule has 25 heavy (non-hydrogen) atoms. The maximum absolute atomic E-state index is 12.3. The molecule has 1 unspecified atom stereocenters. The Balaban J connectivity index is 1.66. The lowest BCUT2D eigenvalue weighted by Gasteiger charge is -2.14. The SMILES string of the molecule is COc1cc(C(=O)NC2CCNC2)ccc1OCc1ccc(Cl)cc1. The van der Waals surface area contributed by atoms with Crippen LogP contribution in [0.5, 0.6) is 11.5 Å². The van der Waals surface area contributed by atoms with Crippen LogP contribution in [-0.4, -0.2) is 32.1 Å². The molecule has 132 valence electrons. The van der Waals surface area contributed by atoms with E-state index in [4.69, 9.17) is 21.1 Å². The van der Waals surface area contributed by atoms with Crippen LogP contribution in [0.25, 0.3) is 0 Å². The molecule has 1 aliphatic rings. The van der Waals surface area contributed by atoms with Crippen LogP contribution in [0, 0.1) is 0 Å². The topological polar surface area (TPSA) is 59.6 Å². The van der Waals surface area contributed by atoms with Gasteiger partial charge in [0.25, 0.3) is 5.91 Å². The van der Waals surface area contributed by atoms with Gasteiger partial charge in [-0.15, -0.1) is 0 Å². The first-order chi connectivity index (χ1) is 12.2. The molecule has 0 spiro atoms. The molecule has 0 radical (unpaired) electrons. The number of hydrogen-bond donors (Lipinski definition) is 2. The van der Waals surface area contributed by atoms with Gasteiger partial charge in [0.1, 0.15) is 6.61 Å². The molecule has 2 aromatic rings. The summed E-state index contributed by atoms with van der Waals surface area (Å²) < 4.78 is 11.2. The first-order valence-electron chi connectivity index (χ1n) is 8.22. The van der Waals surface area contributed by atoms with Gasteiger partial charge in [0.05, 0.1) is 7.11 Å². The summed E-state index contributed by atoms with van der Waals surface area (Å²) in [5, 5.41) is 6.94. The smallest absolute Gasteiger partial charge is 0.251 e. The number of nitrogens with one attached hydrogen (secondary N) is 2. The third-order valence-corrected chi connectivity index (χ3v) is 4.38. The molecule has 3 rings (SSSR count). The predicted molar refractivity (Wildman–Crippen MR) is 97.5 cm³/mol. The summed E-state index contributed by atoms with van der Waals surface area (Å²) in [4.78, 5) is 12.3. The summed E-state index contributed by atoms with van der Waals surface area (Å²) in [6, 6.07) is 12.9. The van der Waals surface area contributed by atoms with Crippen LogP contribution in [0.3, 0.4) is 0 Å². The number of hydrogen-bond acceptors (Lipinski definition) is 4. The van der Waals surface area contributed by atoms with Gasteiger partial charge in [0, 0.05) is 23.2 Å². The maximum atomic E-state index is 12.3. The molecule has 1 heterocycles. The molecule has 1 fully saturated rings. The van der Waals surface area contributed by atoms with E-state index >= 15 is 0 Å². The molecule has 1 saturated heterocycles. The van der Waals surface area contributed by atoms with Crippen molar-refractivity contribution in [2.24, 2.45) is 0 Å². The molecule has 1 atom stereocenters. The van der Waals surface area contributed by atoms with Crippen LogP contribution >= 0.6 is 11.6 Å². The van der Waals surface area contributed by atoms with Crippen molar-refractivity contribution in [1.29, 1.82) is 0 Å². The summed E-state index contributed by atoms with van der Waals surface area (Å²) in [5.41, 5.74) is 1.56. The Hall–Kier alpha value is -2.24. The molecule has 6 heteroatoms. The normalized spacial score (nSPS) is 16.5. The summed E-state index contributed by atoms with van der Waals surface area (Å²) in [6.45, 7) is 2.14. The Morgan fingerprint density at radius 3 is 2.72 bits per heavy atom. The van der Waals surface area contributed by atoms with Gasteiger partial charge in [-0.3, -0.25) is 4.79 Å². The van der Waals surface area contributed by atoms with Gasteiger partial charge < -0.3 is 20.1 Å². The number of methoxy groups -OCH3 is 1. The average Bonchev–Trinajstić information content (AvgIpc) is 3.14. The lowest BCUT2D eigenvalue weighted by atomic mass is 10.1. The Kier molecular flexibility index (Phi) is 5.79. The Labute approximate surface area is 152 Å². The van der Waals surface area contributed by atoms with E-state index in [-0.39, 0.29) is 11.9 Å². The van der Waals surface area contributed by atoms with Crippen molar-refractivity contribution in [3.8, 4) is 11.5 Å². The zero-order valence-corrected chi connectivity index (χ0v) is 14.8. The summed E-state index contributed by atoms with van der Waals surface area (Å²) >= 11 is 5.88. The first kappa shape index (κ1) is 17.6. The summed E-state index contributed by atoms with van der Waals surface area (Å²) in [7, 11) is 1.56. The Bertz CT molecular complexity index is 728. The van der Waals surface area contributed by atoms with Crippen molar-refractivity contribution < 1.29 is 14.3 Å². The largest absolute Gasteiger partial charge is 0.493 e. The van der Waals surface area contributed by atoms with Crippen molar-refractivity contribution in [3.63, 3.8) is 0 Å². The molecule has 2 aromatic carbocycles. The lowest BCUT2D eigenvalue weighted by Crippen LogP contribution is -2.36. The highest BCUT2D eigenvalue weighted by Gasteiger charge is 2.18. The molecular formula is C19H21ClN2O3. The highest BCUT2D eigenvalue weighted by Crippen LogP contribution is 2.29. The number of carbonyl (C=O) groups excluding carboxylic acids is 1. The van der Waals surface area contributed by atoms with Crippen molar-refractivity contribution >= 4 is 17.5 Å². The van der Waals surface area contributed by atoms with Gasteiger partial charge in [0.2, 0.25) is 0 Å². The molecular weight excluding hydrogens is 340 g/mol. The molecule has 0 bridgehead atoms. The van der Waals surface area contributed by atoms with E-state index in [1.54, 1.807) is 25.3 Å². The quantitative estimate of drug-likeness (QED) is 0.831. The van der Waals surface area contributed by atoms with E-state index in [2.05, 4.69) is 10.6 Å². The predicted octanol–water partition coefficient (Wildman–Crippen LogP) is 3.02. The molecule has 5 nitrogen and oxygen atoms in total. The van der Waals surface area contributed by atoms with Crippen LogP contribution in [-0.2, 0) is 6.61 Å². The fourth-order valence-corrected chi connectivity index (χ4v) is 2.84. The monoisotopic (exact) mass is 360 g/mol. The molecule has 0 saturated carbocycles. The van der Waals surface area contributed by atoms with E-state index in [0.717, 1.165) is 25.1 Å². The standard InChI is InChI=1S/C19H21ClN2O3/c1-24-18-10-14(19(23)22-16-8-9-21-11-16)4-7-17(18)25-12-13-2-5-15(20)6-3-13/h2-7,10,16,21H,8-9,11-12H2,1H3,(H,22,23). The number of rotatable bonds is 6. The van der Waals surface area contributed by atoms with Gasteiger partial charge in [-0.05, 0) is 48.9 Å². The van der Waals surface area contributed by atoms with E-state index in [9.17, 15) is 4.79 Å². The second kappa shape index (κ2) is 8.23. The Morgan fingerprint density at radius 1 is 1.24 bits per heavy atom. The molecule has 2 N–H and O–H groups in total. The third kappa shape index (κ3) is 4.65. The van der Waals surface area contributed by atoms with E-state index in [1.807, 2.05) is 24.3 Å². The number of halogens is 1. The second-order valence-electron chi connectivity index (χ2n) is 5.94. The average molecular weight is 361 g/mol. The zero-order chi connectivity index (χ0) is 17.6. The first-order valence-corrected chi connectivity index (χ1v) is 8.60. The van der Waals surface area contributed by atoms with Gasteiger partial charge in [0.15, 0.2) is 11.5 Å². The minimum absolute atomic E-state index is 0.101. The van der Waals surface area contributed by atoms with Crippen molar-refractivity contribution in [2.45, 2.75) is 19.1 Å². The van der Waals surface area contributed by atoms with Crippen LogP contribution in [0.15, 0.2) is 42.5 Å². The molecule has 1 aliphatic heterocycles. The maximum Gasteiger partial charge on any atom is 0.251 e. The van der Waals surface area contributed by atoms with Crippen molar-refractivity contribution in [1.82, 2.24) is 10.6 Å². The van der Waals surface area contributed by atoms with E-state index in [1.165, 1.54) is 0 Å².